The number of halogens is 1. The van der Waals surface area contributed by atoms with Crippen LogP contribution in [0.5, 0.6) is 0 Å². The van der Waals surface area contributed by atoms with Crippen molar-refractivity contribution in [1.82, 2.24) is 0 Å². The van der Waals surface area contributed by atoms with Crippen LogP contribution in [0.4, 0.5) is 0 Å². The van der Waals surface area contributed by atoms with E-state index in [0.29, 0.717) is 0 Å². The Morgan fingerprint density at radius 2 is 2.00 bits per heavy atom. The first-order valence-electron chi connectivity index (χ1n) is 3.34. The Bertz CT molecular complexity index is 213. The zero-order valence-corrected chi connectivity index (χ0v) is 8.24. The molecule has 0 bridgehead atoms. The van der Waals surface area contributed by atoms with Gasteiger partial charge in [0.1, 0.15) is 0 Å². The summed E-state index contributed by atoms with van der Waals surface area (Å²) in [5.74, 6) is 0. The van der Waals surface area contributed by atoms with Crippen LogP contribution >= 0.6 is 0 Å². The monoisotopic (exact) mass is 184 g/mol. The van der Waals surface area contributed by atoms with Gasteiger partial charge in [-0.25, -0.2) is 0 Å². The zero-order chi connectivity index (χ0) is 6.10. The van der Waals surface area contributed by atoms with Crippen molar-refractivity contribution < 1.29 is 35.3 Å². The molecule has 2 rings (SSSR count). The predicted octanol–water partition coefficient (Wildman–Crippen LogP) is -0.796. The quantitative estimate of drug-likeness (QED) is 0.528. The molecule has 0 aliphatic heterocycles. The van der Waals surface area contributed by atoms with Crippen molar-refractivity contribution in [1.29, 1.82) is 0 Å². The van der Waals surface area contributed by atoms with Gasteiger partial charge in [0.15, 0.2) is 0 Å². The molecule has 0 saturated carbocycles. The summed E-state index contributed by atoms with van der Waals surface area (Å²) in [6.45, 7) is 0. The van der Waals surface area contributed by atoms with Crippen LogP contribution in [0.15, 0.2) is 31.0 Å². The Morgan fingerprint density at radius 3 is 2.50 bits per heavy atom. The first kappa shape index (κ1) is 8.48. The van der Waals surface area contributed by atoms with E-state index in [4.69, 9.17) is 0 Å². The van der Waals surface area contributed by atoms with E-state index in [1.165, 1.54) is 12.8 Å². The average molecular weight is 185 g/mol. The fraction of sp³-hybridized carbons (Fsp3) is 0.250. The van der Waals surface area contributed by atoms with Gasteiger partial charge < -0.3 is 12.4 Å². The van der Waals surface area contributed by atoms with Crippen molar-refractivity contribution in [2.45, 2.75) is 12.8 Å². The molecule has 2 aliphatic carbocycles. The van der Waals surface area contributed by atoms with Gasteiger partial charge in [-0.05, 0) is 0 Å². The normalized spacial score (nSPS) is 18.8. The van der Waals surface area contributed by atoms with E-state index in [-0.39, 0.29) is 35.3 Å². The molecule has 0 radical (unpaired) electrons. The SMILES string of the molecule is C1=CC[C]([Sc+][C]2=CC2)=C1.[Cl-]. The van der Waals surface area contributed by atoms with Crippen LogP contribution in [0.25, 0.3) is 0 Å². The van der Waals surface area contributed by atoms with Crippen LogP contribution in [0.3, 0.4) is 0 Å². The van der Waals surface area contributed by atoms with Crippen LogP contribution in [0.2, 0.25) is 0 Å². The molecule has 0 N–H and O–H groups in total. The third-order valence-corrected chi connectivity index (χ3v) is 4.17. The molecular weight excluding hydrogens is 176 g/mol. The van der Waals surface area contributed by atoms with Crippen molar-refractivity contribution >= 4 is 0 Å². The Labute approximate surface area is 78.9 Å². The summed E-state index contributed by atoms with van der Waals surface area (Å²) in [6, 6.07) is 0. The summed E-state index contributed by atoms with van der Waals surface area (Å²) in [4.78, 5) is 0. The third kappa shape index (κ3) is 2.21. The largest absolute Gasteiger partial charge is 1.00 e. The summed E-state index contributed by atoms with van der Waals surface area (Å²) in [6.07, 6.45) is 11.7. The number of hydrogen-bond donors (Lipinski definition) is 0. The van der Waals surface area contributed by atoms with Gasteiger partial charge in [-0.2, -0.15) is 0 Å². The minimum atomic E-state index is -0.0503. The fourth-order valence-corrected chi connectivity index (χ4v) is 3.00. The Kier molecular flexibility index (Phi) is 3.12. The van der Waals surface area contributed by atoms with Gasteiger partial charge in [-0.15, -0.1) is 0 Å². The summed E-state index contributed by atoms with van der Waals surface area (Å²) >= 11 is -0.0503. The van der Waals surface area contributed by atoms with E-state index in [1.807, 2.05) is 0 Å². The van der Waals surface area contributed by atoms with Gasteiger partial charge >= 0.3 is 66.7 Å². The molecule has 50 valence electrons. The molecule has 2 heteroatoms. The number of hydrogen-bond acceptors (Lipinski definition) is 0. The van der Waals surface area contributed by atoms with Crippen molar-refractivity contribution in [2.24, 2.45) is 0 Å². The zero-order valence-electron chi connectivity index (χ0n) is 5.68. The summed E-state index contributed by atoms with van der Waals surface area (Å²) in [5, 5.41) is 0. The molecule has 0 nitrogen and oxygen atoms in total. The Morgan fingerprint density at radius 1 is 1.20 bits per heavy atom. The second-order valence-corrected chi connectivity index (χ2v) is 5.27. The average Bonchev–Trinajstić information content (AvgIpc) is 2.46. The molecule has 0 saturated heterocycles. The van der Waals surface area contributed by atoms with E-state index in [9.17, 15) is 0 Å². The molecule has 0 heterocycles. The van der Waals surface area contributed by atoms with Crippen LogP contribution < -0.4 is 12.4 Å². The van der Waals surface area contributed by atoms with E-state index < -0.39 is 0 Å². The van der Waals surface area contributed by atoms with Gasteiger partial charge in [0.05, 0.1) is 0 Å². The van der Waals surface area contributed by atoms with E-state index in [1.54, 1.807) is 6.66 Å². The first-order valence-corrected chi connectivity index (χ1v) is 5.15. The van der Waals surface area contributed by atoms with Crippen LogP contribution in [-0.4, -0.2) is 0 Å². The van der Waals surface area contributed by atoms with Gasteiger partial charge in [-0.3, -0.25) is 0 Å². The molecular formula is C8H8ClSc. The van der Waals surface area contributed by atoms with E-state index in [0.717, 1.165) is 0 Å². The molecule has 0 fully saturated rings. The summed E-state index contributed by atoms with van der Waals surface area (Å²) in [7, 11) is 0. The van der Waals surface area contributed by atoms with Gasteiger partial charge in [0, 0.05) is 0 Å². The number of rotatable bonds is 2. The van der Waals surface area contributed by atoms with E-state index in [2.05, 4.69) is 24.3 Å². The van der Waals surface area contributed by atoms with Crippen molar-refractivity contribution in [3.63, 3.8) is 0 Å². The first-order chi connectivity index (χ1) is 4.45. The molecule has 0 aromatic heterocycles. The maximum atomic E-state index is 2.37. The van der Waals surface area contributed by atoms with Gasteiger partial charge in [0.2, 0.25) is 0 Å². The second kappa shape index (κ2) is 3.68. The minimum absolute atomic E-state index is 0. The molecule has 0 unspecified atom stereocenters. The maximum absolute atomic E-state index is 2.37. The van der Waals surface area contributed by atoms with Crippen LogP contribution in [0.1, 0.15) is 12.8 Å². The smallest absolute Gasteiger partial charge is 1.00 e. The number of allylic oxidation sites excluding steroid dienone is 6. The molecule has 0 atom stereocenters. The summed E-state index contributed by atoms with van der Waals surface area (Å²) < 4.78 is 3.52. The predicted molar refractivity (Wildman–Crippen MR) is 34.5 cm³/mol. The van der Waals surface area contributed by atoms with Crippen molar-refractivity contribution in [2.75, 3.05) is 0 Å². The summed E-state index contributed by atoms with van der Waals surface area (Å²) in [5.41, 5.74) is 0. The molecule has 10 heavy (non-hydrogen) atoms. The Hall–Kier alpha value is 0.380. The van der Waals surface area contributed by atoms with Gasteiger partial charge in [0.25, 0.3) is 0 Å². The molecule has 0 aromatic rings. The molecule has 2 aliphatic rings. The topological polar surface area (TPSA) is 0 Å². The van der Waals surface area contributed by atoms with Gasteiger partial charge in [-0.1, -0.05) is 0 Å². The fourth-order valence-electron chi connectivity index (χ4n) is 0.986. The van der Waals surface area contributed by atoms with Crippen molar-refractivity contribution in [3.05, 3.63) is 31.0 Å². The van der Waals surface area contributed by atoms with E-state index >= 15 is 0 Å². The molecule has 0 amide bonds. The molecule has 0 spiro atoms. The second-order valence-electron chi connectivity index (χ2n) is 2.50. The maximum Gasteiger partial charge on any atom is -1.00 e. The van der Waals surface area contributed by atoms with Crippen LogP contribution in [-0.2, 0) is 22.9 Å². The van der Waals surface area contributed by atoms with Crippen molar-refractivity contribution in [3.8, 4) is 0 Å². The Balaban J connectivity index is 0.000000500. The standard InChI is InChI=1S/C5H5.C3H3.ClH.Sc/c1-2-4-5-3-1;1-2-3-1;;/h1-3H,4H2;1H,2H2;1H;/q;;;+1/p-1. The molecule has 0 aromatic carbocycles. The third-order valence-electron chi connectivity index (χ3n) is 1.61. The minimum Gasteiger partial charge on any atom is -1.00 e. The van der Waals surface area contributed by atoms with Crippen LogP contribution in [0, 0.1) is 0 Å².